The molecule has 4 rings (SSSR count). The second-order valence-corrected chi connectivity index (χ2v) is 13.3. The second kappa shape index (κ2) is 13.0. The van der Waals surface area contributed by atoms with Gasteiger partial charge in [-0.15, -0.1) is 0 Å². The molecule has 15 heteroatoms. The van der Waals surface area contributed by atoms with Crippen molar-refractivity contribution in [2.24, 2.45) is 11.7 Å². The van der Waals surface area contributed by atoms with Crippen molar-refractivity contribution in [3.63, 3.8) is 0 Å². The Kier molecular flexibility index (Phi) is 9.75. The normalized spacial score (nSPS) is 22.1. The van der Waals surface area contributed by atoms with Gasteiger partial charge in [-0.2, -0.15) is 0 Å². The van der Waals surface area contributed by atoms with Crippen LogP contribution in [0, 0.1) is 5.92 Å². The average Bonchev–Trinajstić information content (AvgIpc) is 3.55. The van der Waals surface area contributed by atoms with Gasteiger partial charge in [0, 0.05) is 41.5 Å². The highest BCUT2D eigenvalue weighted by atomic mass is 31.2. The Balaban J connectivity index is 1.53. The first-order valence-electron chi connectivity index (χ1n) is 14.3. The maximum Gasteiger partial charge on any atom is 0.396 e. The first-order chi connectivity index (χ1) is 20.1. The molecule has 2 fully saturated rings. The molecule has 2 aromatic rings. The van der Waals surface area contributed by atoms with E-state index in [1.165, 1.54) is 24.3 Å². The number of primary amides is 1. The number of aromatic amines is 1. The Morgan fingerprint density at radius 2 is 1.86 bits per heavy atom. The number of H-pyrrole nitrogens is 1. The van der Waals surface area contributed by atoms with Crippen LogP contribution < -0.4 is 16.4 Å². The minimum Gasteiger partial charge on any atom is -0.370 e. The first kappa shape index (κ1) is 32.3. The average molecular weight is 619 g/mol. The summed E-state index contributed by atoms with van der Waals surface area (Å²) in [7, 11) is -3.12. The quantitative estimate of drug-likeness (QED) is 0.206. The number of hydrogen-bond donors (Lipinski definition) is 6. The molecule has 1 aromatic carbocycles. The molecule has 3 heterocycles. The molecule has 0 saturated carbocycles. The number of hydrogen-bond acceptors (Lipinski definition) is 7. The summed E-state index contributed by atoms with van der Waals surface area (Å²) in [5.74, 6) is -1.66. The highest BCUT2D eigenvalue weighted by molar-refractivity contribution is 7.70. The van der Waals surface area contributed by atoms with E-state index >= 15 is 0 Å². The molecule has 4 amide bonds. The molecule has 2 aliphatic heterocycles. The van der Waals surface area contributed by atoms with Crippen LogP contribution in [0.4, 0.5) is 0 Å². The molecule has 0 radical (unpaired) electrons. The van der Waals surface area contributed by atoms with Crippen molar-refractivity contribution >= 4 is 47.7 Å². The summed E-state index contributed by atoms with van der Waals surface area (Å²) in [6.07, 6.45) is 2.33. The molecule has 2 saturated heterocycles. The van der Waals surface area contributed by atoms with Crippen molar-refractivity contribution in [2.75, 3.05) is 20.1 Å². The van der Waals surface area contributed by atoms with Crippen LogP contribution in [0.2, 0.25) is 0 Å². The molecule has 2 aliphatic rings. The van der Waals surface area contributed by atoms with E-state index in [0.29, 0.717) is 43.1 Å². The number of nitrogens with zero attached hydrogens (tertiary/aromatic N) is 2. The van der Waals surface area contributed by atoms with Gasteiger partial charge in [-0.25, -0.2) is 0 Å². The highest BCUT2D eigenvalue weighted by Crippen LogP contribution is 2.39. The molecule has 7 N–H and O–H groups in total. The van der Waals surface area contributed by atoms with Crippen LogP contribution in [-0.2, 0) is 18.9 Å². The van der Waals surface area contributed by atoms with Gasteiger partial charge in [0.05, 0.1) is 0 Å². The number of nitrogens with two attached hydrogens (primary N) is 1. The third-order valence-corrected chi connectivity index (χ3v) is 9.00. The number of fused-ring (bicyclic) bond motifs is 2. The van der Waals surface area contributed by atoms with E-state index in [2.05, 4.69) is 15.6 Å². The maximum atomic E-state index is 13.9. The number of carbonyl (C=O) groups is 5. The van der Waals surface area contributed by atoms with Gasteiger partial charge in [0.1, 0.15) is 17.8 Å². The van der Waals surface area contributed by atoms with Gasteiger partial charge in [0.15, 0.2) is 0 Å². The number of rotatable bonds is 10. The van der Waals surface area contributed by atoms with Gasteiger partial charge in [-0.05, 0) is 69.5 Å². The molecule has 14 nitrogen and oxygen atoms in total. The fourth-order valence-corrected chi connectivity index (χ4v) is 6.31. The Hall–Kier alpha value is -3.58. The zero-order valence-electron chi connectivity index (χ0n) is 24.4. The van der Waals surface area contributed by atoms with Gasteiger partial charge in [0.2, 0.25) is 17.7 Å². The maximum absolute atomic E-state index is 13.9. The van der Waals surface area contributed by atoms with Gasteiger partial charge in [0.25, 0.3) is 11.4 Å². The predicted octanol–water partition coefficient (Wildman–Crippen LogP) is 0.686. The summed E-state index contributed by atoms with van der Waals surface area (Å²) >= 11 is 0. The highest BCUT2D eigenvalue weighted by Gasteiger charge is 2.45. The Labute approximate surface area is 248 Å². The first-order valence-corrected chi connectivity index (χ1v) is 15.9. The summed E-state index contributed by atoms with van der Waals surface area (Å²) in [6, 6.07) is 3.28. The van der Waals surface area contributed by atoms with Crippen molar-refractivity contribution in [1.82, 2.24) is 25.4 Å². The zero-order valence-corrected chi connectivity index (χ0v) is 25.3. The summed E-state index contributed by atoms with van der Waals surface area (Å²) in [4.78, 5) is 89.0. The summed E-state index contributed by atoms with van der Waals surface area (Å²) in [5.41, 5.74) is 4.34. The van der Waals surface area contributed by atoms with Crippen LogP contribution in [-0.4, -0.2) is 98.0 Å². The van der Waals surface area contributed by atoms with E-state index < -0.39 is 37.0 Å². The van der Waals surface area contributed by atoms with E-state index in [1.54, 1.807) is 4.90 Å². The fraction of sp³-hybridized carbons (Fsp3) is 0.536. The second-order valence-electron chi connectivity index (χ2n) is 11.8. The molecule has 1 aromatic heterocycles. The predicted molar refractivity (Wildman–Crippen MR) is 157 cm³/mol. The number of amides is 4. The van der Waals surface area contributed by atoms with Crippen LogP contribution in [0.15, 0.2) is 24.3 Å². The number of carbonyl (C=O) groups excluding carboxylic acids is 5. The largest absolute Gasteiger partial charge is 0.396 e. The SMILES string of the molecule is CC(C)[C@H](CCC(N)=O)NC(=O)[C@@H]1CC[C@@H]2CCN(C)C[C@H](NC(=O)c3cc4cc(C(=O)P(=O)(O)O)ccc4[nH]3)C(=O)N21. The van der Waals surface area contributed by atoms with E-state index in [4.69, 9.17) is 5.73 Å². The standard InChI is InChI=1S/C28H39N6O8P/c1-15(2)19(7-9-24(29)35)31-26(37)23-8-5-18-10-11-33(3)14-22(27(38)34(18)23)32-25(36)21-13-17-12-16(4-6-20(17)30-21)28(39)43(40,41)42/h4,6,12-13,15,18-19,22-23,30H,5,7-11,14H2,1-3H3,(H2,29,35)(H,31,37)(H,32,36)(H2,40,41,42)/t18-,19+,22+,23+/m1/s1. The van der Waals surface area contributed by atoms with Crippen molar-refractivity contribution in [2.45, 2.75) is 70.1 Å². The number of likely N-dealkylation sites (N-methyl/N-ethyl adjacent to an activating group) is 1. The van der Waals surface area contributed by atoms with Crippen LogP contribution >= 0.6 is 7.60 Å². The third kappa shape index (κ3) is 7.50. The number of nitrogens with one attached hydrogen (secondary N) is 3. The summed E-state index contributed by atoms with van der Waals surface area (Å²) in [6.45, 7) is 4.75. The van der Waals surface area contributed by atoms with Gasteiger partial charge in [-0.1, -0.05) is 13.8 Å². The van der Waals surface area contributed by atoms with Crippen molar-refractivity contribution in [3.8, 4) is 0 Å². The van der Waals surface area contributed by atoms with Crippen LogP contribution in [0.5, 0.6) is 0 Å². The molecule has 43 heavy (non-hydrogen) atoms. The zero-order chi connectivity index (χ0) is 31.6. The van der Waals surface area contributed by atoms with Crippen molar-refractivity contribution in [3.05, 3.63) is 35.5 Å². The number of benzene rings is 1. The third-order valence-electron chi connectivity index (χ3n) is 8.21. The van der Waals surface area contributed by atoms with Crippen LogP contribution in [0.1, 0.15) is 66.8 Å². The Morgan fingerprint density at radius 3 is 2.51 bits per heavy atom. The minimum atomic E-state index is -4.98. The van der Waals surface area contributed by atoms with Crippen molar-refractivity contribution in [1.29, 1.82) is 0 Å². The lowest BCUT2D eigenvalue weighted by atomic mass is 9.98. The Morgan fingerprint density at radius 1 is 1.14 bits per heavy atom. The molecular formula is C28H39N6O8P. The van der Waals surface area contributed by atoms with E-state index in [-0.39, 0.29) is 54.0 Å². The van der Waals surface area contributed by atoms with Gasteiger partial charge in [-0.3, -0.25) is 28.5 Å². The van der Waals surface area contributed by atoms with E-state index in [0.717, 1.165) is 0 Å². The van der Waals surface area contributed by atoms with E-state index in [9.17, 15) is 38.3 Å². The van der Waals surface area contributed by atoms with Crippen LogP contribution in [0.3, 0.4) is 0 Å². The van der Waals surface area contributed by atoms with Gasteiger partial charge < -0.3 is 40.9 Å². The molecule has 0 spiro atoms. The molecule has 0 unspecified atom stereocenters. The summed E-state index contributed by atoms with van der Waals surface area (Å²) in [5, 5.41) is 6.19. The van der Waals surface area contributed by atoms with E-state index in [1.807, 2.05) is 25.8 Å². The monoisotopic (exact) mass is 618 g/mol. The molecule has 234 valence electrons. The minimum absolute atomic E-state index is 0.0477. The molecule has 4 atom stereocenters. The number of aromatic nitrogens is 1. The molecular weight excluding hydrogens is 579 g/mol. The Bertz CT molecular complexity index is 1470. The smallest absolute Gasteiger partial charge is 0.370 e. The molecule has 0 aliphatic carbocycles. The lowest BCUT2D eigenvalue weighted by Gasteiger charge is -2.38. The fourth-order valence-electron chi connectivity index (χ4n) is 5.84. The topological polar surface area (TPSA) is 215 Å². The van der Waals surface area contributed by atoms with Crippen LogP contribution in [0.25, 0.3) is 10.9 Å². The molecule has 0 bridgehead atoms. The summed E-state index contributed by atoms with van der Waals surface area (Å²) < 4.78 is 11.4. The lowest BCUT2D eigenvalue weighted by molar-refractivity contribution is -0.143. The van der Waals surface area contributed by atoms with Gasteiger partial charge >= 0.3 is 7.60 Å². The van der Waals surface area contributed by atoms with Crippen molar-refractivity contribution < 1.29 is 38.3 Å². The lowest BCUT2D eigenvalue weighted by Crippen LogP contribution is -2.60.